The summed E-state index contributed by atoms with van der Waals surface area (Å²) < 4.78 is 39.7. The van der Waals surface area contributed by atoms with E-state index in [1.165, 1.54) is 6.07 Å². The average Bonchev–Trinajstić information content (AvgIpc) is 2.66. The number of benzene rings is 2. The summed E-state index contributed by atoms with van der Waals surface area (Å²) in [6, 6.07) is 8.98. The van der Waals surface area contributed by atoms with Crippen molar-refractivity contribution < 1.29 is 27.9 Å². The number of carboxylic acids is 1. The van der Waals surface area contributed by atoms with E-state index in [9.17, 15) is 27.6 Å². The second kappa shape index (κ2) is 8.27. The molecule has 0 aliphatic heterocycles. The minimum Gasteiger partial charge on any atom is -0.481 e. The van der Waals surface area contributed by atoms with Crippen molar-refractivity contribution in [1.82, 2.24) is 9.78 Å². The lowest BCUT2D eigenvalue weighted by molar-refractivity contribution is -0.138. The topological polar surface area (TPSA) is 101 Å². The summed E-state index contributed by atoms with van der Waals surface area (Å²) in [5, 5.41) is 15.9. The van der Waals surface area contributed by atoms with Crippen LogP contribution in [-0.2, 0) is 28.7 Å². The minimum absolute atomic E-state index is 0.0887. The van der Waals surface area contributed by atoms with Gasteiger partial charge in [0.2, 0.25) is 5.91 Å². The molecular weight excluding hydrogens is 471 g/mol. The van der Waals surface area contributed by atoms with E-state index >= 15 is 0 Å². The summed E-state index contributed by atoms with van der Waals surface area (Å²) in [4.78, 5) is 36.1. The number of amides is 1. The van der Waals surface area contributed by atoms with Crippen molar-refractivity contribution >= 4 is 44.3 Å². The molecule has 7 nitrogen and oxygen atoms in total. The number of nitrogens with zero attached hydrogens (tertiary/aromatic N) is 2. The maximum atomic E-state index is 12.9. The number of carboxylic acid groups (broad SMARTS) is 1. The van der Waals surface area contributed by atoms with Gasteiger partial charge in [0.05, 0.1) is 28.8 Å². The van der Waals surface area contributed by atoms with E-state index in [0.717, 1.165) is 22.9 Å². The van der Waals surface area contributed by atoms with Crippen molar-refractivity contribution in [3.8, 4) is 0 Å². The highest BCUT2D eigenvalue weighted by Gasteiger charge is 2.31. The van der Waals surface area contributed by atoms with Crippen LogP contribution < -0.4 is 10.9 Å². The van der Waals surface area contributed by atoms with Crippen LogP contribution in [0.25, 0.3) is 10.8 Å². The summed E-state index contributed by atoms with van der Waals surface area (Å²) in [7, 11) is 0. The van der Waals surface area contributed by atoms with E-state index in [1.54, 1.807) is 18.2 Å². The van der Waals surface area contributed by atoms with Gasteiger partial charge in [-0.25, -0.2) is 4.68 Å². The molecule has 0 atom stereocenters. The number of alkyl halides is 3. The van der Waals surface area contributed by atoms with Gasteiger partial charge in [0.25, 0.3) is 5.56 Å². The fourth-order valence-corrected chi connectivity index (χ4v) is 3.16. The fraction of sp³-hybridized carbons (Fsp3) is 0.158. The highest BCUT2D eigenvalue weighted by molar-refractivity contribution is 9.10. The first-order valence-electron chi connectivity index (χ1n) is 8.43. The maximum Gasteiger partial charge on any atom is 0.416 e. The third-order valence-corrected chi connectivity index (χ3v) is 4.82. The average molecular weight is 484 g/mol. The number of anilines is 1. The van der Waals surface area contributed by atoms with E-state index in [-0.39, 0.29) is 21.2 Å². The zero-order valence-corrected chi connectivity index (χ0v) is 16.6. The van der Waals surface area contributed by atoms with Crippen molar-refractivity contribution in [2.45, 2.75) is 19.1 Å². The molecule has 0 aliphatic carbocycles. The molecule has 0 bridgehead atoms. The first-order chi connectivity index (χ1) is 14.1. The van der Waals surface area contributed by atoms with Crippen LogP contribution in [0, 0.1) is 0 Å². The fourth-order valence-electron chi connectivity index (χ4n) is 2.81. The van der Waals surface area contributed by atoms with Gasteiger partial charge in [-0.05, 0) is 40.2 Å². The van der Waals surface area contributed by atoms with E-state index in [1.807, 2.05) is 0 Å². The highest BCUT2D eigenvalue weighted by Crippen LogP contribution is 2.33. The van der Waals surface area contributed by atoms with Gasteiger partial charge in [0.15, 0.2) is 0 Å². The molecule has 0 radical (unpaired) electrons. The third kappa shape index (κ3) is 4.67. The number of rotatable bonds is 5. The molecule has 3 aromatic rings. The predicted molar refractivity (Wildman–Crippen MR) is 105 cm³/mol. The Morgan fingerprint density at radius 2 is 1.80 bits per heavy atom. The molecule has 0 fully saturated rings. The van der Waals surface area contributed by atoms with Gasteiger partial charge in [0.1, 0.15) is 6.54 Å². The van der Waals surface area contributed by atoms with E-state index in [0.29, 0.717) is 5.39 Å². The molecule has 0 unspecified atom stereocenters. The number of carbonyl (C=O) groups excluding carboxylic acids is 1. The number of aromatic nitrogens is 2. The lowest BCUT2D eigenvalue weighted by Crippen LogP contribution is -2.31. The van der Waals surface area contributed by atoms with Crippen molar-refractivity contribution in [3.05, 3.63) is 68.5 Å². The second-order valence-corrected chi connectivity index (χ2v) is 7.12. The zero-order valence-electron chi connectivity index (χ0n) is 15.0. The molecule has 1 heterocycles. The van der Waals surface area contributed by atoms with Gasteiger partial charge < -0.3 is 10.4 Å². The van der Waals surface area contributed by atoms with E-state index < -0.39 is 42.1 Å². The molecule has 3 rings (SSSR count). The first kappa shape index (κ1) is 21.5. The molecule has 156 valence electrons. The van der Waals surface area contributed by atoms with Crippen molar-refractivity contribution in [1.29, 1.82) is 0 Å². The first-order valence-corrected chi connectivity index (χ1v) is 9.22. The Kier molecular flexibility index (Phi) is 5.92. The Bertz CT molecular complexity index is 1210. The molecule has 11 heteroatoms. The van der Waals surface area contributed by atoms with Gasteiger partial charge in [-0.2, -0.15) is 18.3 Å². The SMILES string of the molecule is O=C(O)Cc1nn(CC(=O)Nc2cc(C(F)(F)F)ccc2Br)c(=O)c2ccccc12. The number of fused-ring (bicyclic) bond motifs is 1. The van der Waals surface area contributed by atoms with Crippen molar-refractivity contribution in [3.63, 3.8) is 0 Å². The number of carbonyl (C=O) groups is 2. The van der Waals surface area contributed by atoms with Crippen LogP contribution in [0.1, 0.15) is 11.3 Å². The summed E-state index contributed by atoms with van der Waals surface area (Å²) in [5.41, 5.74) is -1.62. The second-order valence-electron chi connectivity index (χ2n) is 6.27. The van der Waals surface area contributed by atoms with E-state index in [2.05, 4.69) is 26.3 Å². The summed E-state index contributed by atoms with van der Waals surface area (Å²) in [6.45, 7) is -0.612. The Morgan fingerprint density at radius 3 is 2.43 bits per heavy atom. The van der Waals surface area contributed by atoms with Gasteiger partial charge in [-0.3, -0.25) is 14.4 Å². The van der Waals surface area contributed by atoms with Crippen LogP contribution in [0.4, 0.5) is 18.9 Å². The Hall–Kier alpha value is -3.21. The molecule has 2 N–H and O–H groups in total. The number of hydrogen-bond donors (Lipinski definition) is 2. The quantitative estimate of drug-likeness (QED) is 0.578. The van der Waals surface area contributed by atoms with Gasteiger partial charge in [-0.15, -0.1) is 0 Å². The predicted octanol–water partition coefficient (Wildman–Crippen LogP) is 3.44. The molecule has 0 spiro atoms. The Labute approximate surface area is 175 Å². The largest absolute Gasteiger partial charge is 0.481 e. The summed E-state index contributed by atoms with van der Waals surface area (Å²) >= 11 is 3.07. The maximum absolute atomic E-state index is 12.9. The van der Waals surface area contributed by atoms with Crippen LogP contribution in [0.5, 0.6) is 0 Å². The minimum atomic E-state index is -4.59. The highest BCUT2D eigenvalue weighted by atomic mass is 79.9. The molecule has 0 aliphatic rings. The van der Waals surface area contributed by atoms with Gasteiger partial charge in [0, 0.05) is 9.86 Å². The lowest BCUT2D eigenvalue weighted by atomic mass is 10.1. The van der Waals surface area contributed by atoms with Crippen LogP contribution in [0.3, 0.4) is 0 Å². The normalized spacial score (nSPS) is 11.5. The number of halogens is 4. The summed E-state index contributed by atoms with van der Waals surface area (Å²) in [5.74, 6) is -1.98. The smallest absolute Gasteiger partial charge is 0.416 e. The Morgan fingerprint density at radius 1 is 1.13 bits per heavy atom. The standard InChI is InChI=1S/C19H13BrF3N3O4/c20-13-6-5-10(19(21,22)23)7-15(13)24-16(27)9-26-18(30)12-4-2-1-3-11(12)14(25-26)8-17(28)29/h1-7H,8-9H2,(H,24,27)(H,28,29). The Balaban J connectivity index is 1.93. The van der Waals surface area contributed by atoms with Crippen LogP contribution in [-0.4, -0.2) is 26.8 Å². The molecule has 0 saturated heterocycles. The van der Waals surface area contributed by atoms with Crippen molar-refractivity contribution in [2.75, 3.05) is 5.32 Å². The van der Waals surface area contributed by atoms with Crippen LogP contribution in [0.15, 0.2) is 51.7 Å². The van der Waals surface area contributed by atoms with Crippen molar-refractivity contribution in [2.24, 2.45) is 0 Å². The van der Waals surface area contributed by atoms with Crippen LogP contribution in [0.2, 0.25) is 0 Å². The van der Waals surface area contributed by atoms with Gasteiger partial charge >= 0.3 is 12.1 Å². The molecule has 1 aromatic heterocycles. The number of hydrogen-bond acceptors (Lipinski definition) is 4. The lowest BCUT2D eigenvalue weighted by Gasteiger charge is -2.13. The van der Waals surface area contributed by atoms with Crippen LogP contribution >= 0.6 is 15.9 Å². The number of aliphatic carboxylic acids is 1. The molecule has 2 aromatic carbocycles. The molecule has 30 heavy (non-hydrogen) atoms. The zero-order chi connectivity index (χ0) is 22.1. The third-order valence-electron chi connectivity index (χ3n) is 4.12. The molecular formula is C19H13BrF3N3O4. The van der Waals surface area contributed by atoms with E-state index in [4.69, 9.17) is 5.11 Å². The molecule has 0 saturated carbocycles. The summed E-state index contributed by atoms with van der Waals surface area (Å²) in [6.07, 6.45) is -5.07. The van der Waals surface area contributed by atoms with Gasteiger partial charge in [-0.1, -0.05) is 18.2 Å². The molecule has 1 amide bonds. The number of nitrogens with one attached hydrogen (secondary N) is 1. The monoisotopic (exact) mass is 483 g/mol.